The van der Waals surface area contributed by atoms with Gasteiger partial charge in [-0.15, -0.1) is 0 Å². The second kappa shape index (κ2) is 13.9. The van der Waals surface area contributed by atoms with Crippen LogP contribution in [0, 0.1) is 5.82 Å². The second-order valence-electron chi connectivity index (χ2n) is 11.0. The van der Waals surface area contributed by atoms with E-state index < -0.39 is 5.79 Å². The highest BCUT2D eigenvalue weighted by Crippen LogP contribution is 2.47. The minimum Gasteiger partial charge on any atom is -0.347 e. The smallest absolute Gasteiger partial charge is 0.163 e. The van der Waals surface area contributed by atoms with Crippen LogP contribution in [0.15, 0.2) is 139 Å². The van der Waals surface area contributed by atoms with E-state index in [1.807, 2.05) is 98.9 Å². The molecule has 1 aliphatic rings. The van der Waals surface area contributed by atoms with Gasteiger partial charge in [0.25, 0.3) is 0 Å². The van der Waals surface area contributed by atoms with Crippen molar-refractivity contribution in [1.82, 2.24) is 4.98 Å². The summed E-state index contributed by atoms with van der Waals surface area (Å²) >= 11 is 4.62. The average molecular weight is 640 g/mol. The van der Waals surface area contributed by atoms with E-state index in [2.05, 4.69) is 31.2 Å². The van der Waals surface area contributed by atoms with E-state index in [1.165, 1.54) is 11.8 Å². The summed E-state index contributed by atoms with van der Waals surface area (Å²) in [6, 6.07) is 31.9. The highest BCUT2D eigenvalue weighted by Gasteiger charge is 2.33. The van der Waals surface area contributed by atoms with Crippen LogP contribution in [-0.2, 0) is 9.47 Å². The zero-order chi connectivity index (χ0) is 30.5. The molecule has 0 spiro atoms. The van der Waals surface area contributed by atoms with Crippen LogP contribution < -0.4 is 0 Å². The summed E-state index contributed by atoms with van der Waals surface area (Å²) in [5, 5.41) is 0.786. The molecule has 0 bridgehead atoms. The third kappa shape index (κ3) is 7.41. The average Bonchev–Trinajstić information content (AvgIpc) is 3.03. The topological polar surface area (TPSA) is 31.4 Å². The van der Waals surface area contributed by atoms with E-state index in [4.69, 9.17) is 14.5 Å². The van der Waals surface area contributed by atoms with Crippen LogP contribution in [0.5, 0.6) is 0 Å². The molecule has 5 aromatic rings. The van der Waals surface area contributed by atoms with Crippen LogP contribution in [0.25, 0.3) is 17.0 Å². The second-order valence-corrected chi connectivity index (χ2v) is 14.3. The first-order chi connectivity index (χ1) is 21.4. The van der Waals surface area contributed by atoms with Crippen molar-refractivity contribution >= 4 is 52.3 Å². The molecule has 0 amide bonds. The number of hydrogen-bond donors (Lipinski definition) is 0. The Balaban J connectivity index is 1.49. The van der Waals surface area contributed by atoms with Gasteiger partial charge in [-0.05, 0) is 62.7 Å². The van der Waals surface area contributed by atoms with Gasteiger partial charge >= 0.3 is 0 Å². The summed E-state index contributed by atoms with van der Waals surface area (Å²) in [7, 11) is 0. The molecule has 0 N–H and O–H groups in total. The molecular formula is C37H34FNO2S3. The number of pyridine rings is 1. The van der Waals surface area contributed by atoms with Crippen LogP contribution in [0.4, 0.5) is 4.39 Å². The molecule has 0 radical (unpaired) electrons. The Hall–Kier alpha value is -3.07. The SMILES string of the molecule is CC[C@H]1C[C@@H](/C=C/c2cnc3c(Sc4ccccc4)c(Sc4ccccc4)c(F)cc3c2Sc2ccccc2)OC(C)(C)O1. The van der Waals surface area contributed by atoms with Gasteiger partial charge in [0.1, 0.15) is 5.82 Å². The van der Waals surface area contributed by atoms with Crippen LogP contribution in [0.1, 0.15) is 39.2 Å². The van der Waals surface area contributed by atoms with Crippen molar-refractivity contribution in [3.8, 4) is 0 Å². The lowest BCUT2D eigenvalue weighted by atomic mass is 10.0. The summed E-state index contributed by atoms with van der Waals surface area (Å²) in [4.78, 5) is 10.4. The summed E-state index contributed by atoms with van der Waals surface area (Å²) in [5.41, 5.74) is 1.70. The van der Waals surface area contributed by atoms with Crippen LogP contribution in [-0.4, -0.2) is 23.0 Å². The van der Waals surface area contributed by atoms with Crippen molar-refractivity contribution in [3.05, 3.63) is 121 Å². The lowest BCUT2D eigenvalue weighted by Gasteiger charge is -2.39. The van der Waals surface area contributed by atoms with Gasteiger partial charge in [0, 0.05) is 43.1 Å². The molecule has 1 aromatic heterocycles. The van der Waals surface area contributed by atoms with E-state index in [0.29, 0.717) is 4.90 Å². The molecule has 1 aliphatic heterocycles. The number of fused-ring (bicyclic) bond motifs is 1. The maximum absolute atomic E-state index is 16.3. The molecule has 1 saturated heterocycles. The summed E-state index contributed by atoms with van der Waals surface area (Å²) in [6.07, 6.45) is 7.83. The fourth-order valence-corrected chi connectivity index (χ4v) is 8.35. The lowest BCUT2D eigenvalue weighted by molar-refractivity contribution is -0.290. The molecule has 0 unspecified atom stereocenters. The van der Waals surface area contributed by atoms with Gasteiger partial charge in [0.05, 0.1) is 27.5 Å². The van der Waals surface area contributed by atoms with Crippen molar-refractivity contribution in [1.29, 1.82) is 0 Å². The summed E-state index contributed by atoms with van der Waals surface area (Å²) < 4.78 is 28.7. The number of nitrogens with zero attached hydrogens (tertiary/aromatic N) is 1. The third-order valence-electron chi connectivity index (χ3n) is 7.22. The van der Waals surface area contributed by atoms with Crippen molar-refractivity contribution < 1.29 is 13.9 Å². The van der Waals surface area contributed by atoms with Gasteiger partial charge in [-0.2, -0.15) is 0 Å². The normalized spacial score (nSPS) is 18.2. The molecule has 44 heavy (non-hydrogen) atoms. The Morgan fingerprint density at radius 2 is 1.34 bits per heavy atom. The van der Waals surface area contributed by atoms with Crippen LogP contribution >= 0.6 is 35.3 Å². The molecule has 0 aliphatic carbocycles. The van der Waals surface area contributed by atoms with Crippen molar-refractivity contribution in [3.63, 3.8) is 0 Å². The zero-order valence-electron chi connectivity index (χ0n) is 24.9. The molecule has 1 fully saturated rings. The molecule has 224 valence electrons. The fraction of sp³-hybridized carbons (Fsp3) is 0.216. The molecule has 2 heterocycles. The van der Waals surface area contributed by atoms with E-state index in [-0.39, 0.29) is 18.0 Å². The Morgan fingerprint density at radius 3 is 1.91 bits per heavy atom. The third-order valence-corrected chi connectivity index (χ3v) is 10.7. The first kappa shape index (κ1) is 30.9. The van der Waals surface area contributed by atoms with Crippen molar-refractivity contribution in [2.24, 2.45) is 0 Å². The lowest BCUT2D eigenvalue weighted by Crippen LogP contribution is -2.43. The highest BCUT2D eigenvalue weighted by atomic mass is 32.2. The van der Waals surface area contributed by atoms with Gasteiger partial charge in [-0.25, -0.2) is 4.39 Å². The standard InChI is InChI=1S/C37H34FNO2S3/c1-4-26-22-27(41-37(2,3)40-26)21-20-25-24-39-33-31(34(25)42-28-14-8-5-9-15-28)23-32(38)35(43-29-16-10-6-11-17-29)36(33)44-30-18-12-7-13-19-30/h5-21,23-24,26-27H,4,22H2,1-3H3/b21-20+/t26-,27+/m0/s1. The van der Waals surface area contributed by atoms with E-state index >= 15 is 4.39 Å². The molecule has 4 aromatic carbocycles. The molecule has 6 rings (SSSR count). The minimum atomic E-state index is -0.656. The highest BCUT2D eigenvalue weighted by molar-refractivity contribution is 8.02. The number of ether oxygens (including phenoxy) is 2. The maximum Gasteiger partial charge on any atom is 0.163 e. The predicted molar refractivity (Wildman–Crippen MR) is 181 cm³/mol. The number of halogens is 1. The number of aromatic nitrogens is 1. The van der Waals surface area contributed by atoms with E-state index in [1.54, 1.807) is 29.6 Å². The van der Waals surface area contributed by atoms with E-state index in [9.17, 15) is 0 Å². The monoisotopic (exact) mass is 639 g/mol. The molecular weight excluding hydrogens is 606 g/mol. The molecule has 0 saturated carbocycles. The van der Waals surface area contributed by atoms with Gasteiger partial charge in [0.2, 0.25) is 0 Å². The largest absolute Gasteiger partial charge is 0.347 e. The van der Waals surface area contributed by atoms with Crippen LogP contribution in [0.3, 0.4) is 0 Å². The number of rotatable bonds is 9. The predicted octanol–water partition coefficient (Wildman–Crippen LogP) is 11.2. The Kier molecular flexibility index (Phi) is 9.79. The number of benzene rings is 4. The van der Waals surface area contributed by atoms with Gasteiger partial charge in [-0.3, -0.25) is 4.98 Å². The van der Waals surface area contributed by atoms with Gasteiger partial charge in [-0.1, -0.05) is 109 Å². The Bertz CT molecular complexity index is 1750. The van der Waals surface area contributed by atoms with Crippen LogP contribution in [0.2, 0.25) is 0 Å². The maximum atomic E-state index is 16.3. The Morgan fingerprint density at radius 1 is 0.795 bits per heavy atom. The quantitative estimate of drug-likeness (QED) is 0.160. The number of hydrogen-bond acceptors (Lipinski definition) is 6. The zero-order valence-corrected chi connectivity index (χ0v) is 27.4. The molecule has 2 atom stereocenters. The first-order valence-electron chi connectivity index (χ1n) is 14.8. The summed E-state index contributed by atoms with van der Waals surface area (Å²) in [5.74, 6) is -0.917. The first-order valence-corrected chi connectivity index (χ1v) is 17.2. The minimum absolute atomic E-state index is 0.0976. The van der Waals surface area contributed by atoms with Gasteiger partial charge < -0.3 is 9.47 Å². The van der Waals surface area contributed by atoms with Crippen molar-refractivity contribution in [2.75, 3.05) is 0 Å². The molecule has 3 nitrogen and oxygen atoms in total. The molecule has 7 heteroatoms. The van der Waals surface area contributed by atoms with Crippen molar-refractivity contribution in [2.45, 2.75) is 81.0 Å². The Labute approximate surface area is 271 Å². The van der Waals surface area contributed by atoms with Gasteiger partial charge in [0.15, 0.2) is 5.79 Å². The summed E-state index contributed by atoms with van der Waals surface area (Å²) in [6.45, 7) is 6.06. The fourth-order valence-electron chi connectivity index (χ4n) is 5.22. The van der Waals surface area contributed by atoms with E-state index in [0.717, 1.165) is 53.8 Å².